The summed E-state index contributed by atoms with van der Waals surface area (Å²) in [6, 6.07) is 22.3. The number of carbonyl (C=O) groups is 1. The first-order valence-electron chi connectivity index (χ1n) is 22.2. The molecule has 4 aromatic carbocycles. The maximum absolute atomic E-state index is 14.0. The first kappa shape index (κ1) is 48.4. The average molecular weight is 984 g/mol. The van der Waals surface area contributed by atoms with Gasteiger partial charge >= 0.3 is 5.51 Å². The van der Waals surface area contributed by atoms with Crippen LogP contribution in [0.4, 0.5) is 24.5 Å². The Hall–Kier alpha value is -5.11. The van der Waals surface area contributed by atoms with Crippen molar-refractivity contribution in [1.29, 1.82) is 0 Å². The molecular weight excluding hydrogens is 929 g/mol. The van der Waals surface area contributed by atoms with E-state index in [-0.39, 0.29) is 23.3 Å². The largest absolute Gasteiger partial charge is 0.501 e. The third-order valence-electron chi connectivity index (χ3n) is 12.6. The first-order valence-corrected chi connectivity index (χ1v) is 25.6. The molecule has 0 atom stereocenters. The number of hydrogen-bond donors (Lipinski definition) is 3. The molecule has 5 aromatic rings. The van der Waals surface area contributed by atoms with Crippen molar-refractivity contribution in [3.05, 3.63) is 113 Å². The van der Waals surface area contributed by atoms with Gasteiger partial charge in [-0.3, -0.25) is 14.6 Å². The smallest absolute Gasteiger partial charge is 0.456 e. The Morgan fingerprint density at radius 2 is 1.63 bits per heavy atom. The van der Waals surface area contributed by atoms with E-state index in [0.29, 0.717) is 69.2 Å². The van der Waals surface area contributed by atoms with Crippen LogP contribution >= 0.6 is 11.6 Å². The highest BCUT2D eigenvalue weighted by atomic mass is 35.5. The fourth-order valence-electron chi connectivity index (χ4n) is 8.85. The number of hydrogen-bond acceptors (Lipinski definition) is 11. The number of H-pyrrole nitrogens is 1. The highest BCUT2D eigenvalue weighted by Crippen LogP contribution is 2.44. The van der Waals surface area contributed by atoms with Crippen molar-refractivity contribution in [3.8, 4) is 11.5 Å². The second-order valence-corrected chi connectivity index (χ2v) is 22.0. The standard InChI is InChI=1S/C48H54ClF3N6O7S2/c1-47(2)16-14-35(41(31-47)33-4-6-36(49)7-5-33)32-57-20-22-58(23-21-57)37-8-11-40(44(29-37)65-38-9-12-42-34(28-38)15-18-54-42)46(59)55-67(62,63)39-10-13-43(45(30-39)66(60,61)48(50,51)52)53-17-3-19-56-24-26-64-27-25-56/h4-13,15,18,28-30,53-54H,3,14,16-17,19-27,31-32H2,1-2H3,(H,55,59). The van der Waals surface area contributed by atoms with Crippen molar-refractivity contribution in [3.63, 3.8) is 0 Å². The van der Waals surface area contributed by atoms with Crippen LogP contribution in [0.2, 0.25) is 5.02 Å². The Balaban J connectivity index is 1.01. The van der Waals surface area contributed by atoms with E-state index < -0.39 is 46.8 Å². The second kappa shape index (κ2) is 19.9. The second-order valence-electron chi connectivity index (χ2n) is 18.0. The van der Waals surface area contributed by atoms with Gasteiger partial charge in [0.1, 0.15) is 16.4 Å². The van der Waals surface area contributed by atoms with Crippen LogP contribution in [0, 0.1) is 5.41 Å². The molecule has 13 nitrogen and oxygen atoms in total. The summed E-state index contributed by atoms with van der Waals surface area (Å²) >= 11 is 6.23. The predicted molar refractivity (Wildman–Crippen MR) is 254 cm³/mol. The summed E-state index contributed by atoms with van der Waals surface area (Å²) in [4.78, 5) is 21.7. The number of morpholine rings is 1. The van der Waals surface area contributed by atoms with Gasteiger partial charge in [0.05, 0.1) is 29.4 Å². The number of aromatic nitrogens is 1. The molecule has 2 saturated heterocycles. The number of sulfonamides is 1. The molecular formula is C48H54ClF3N6O7S2. The topological polar surface area (TPSA) is 153 Å². The number of allylic oxidation sites excluding steroid dienone is 1. The number of rotatable bonds is 15. The Morgan fingerprint density at radius 1 is 0.881 bits per heavy atom. The van der Waals surface area contributed by atoms with Crippen LogP contribution in [0.5, 0.6) is 11.5 Å². The van der Waals surface area contributed by atoms with E-state index in [1.165, 1.54) is 22.8 Å². The molecule has 19 heteroatoms. The summed E-state index contributed by atoms with van der Waals surface area (Å²) in [5, 5.41) is 4.26. The van der Waals surface area contributed by atoms with Gasteiger partial charge in [0.2, 0.25) is 0 Å². The van der Waals surface area contributed by atoms with Crippen molar-refractivity contribution in [2.24, 2.45) is 5.41 Å². The fraction of sp³-hybridized carbons (Fsp3) is 0.396. The highest BCUT2D eigenvalue weighted by molar-refractivity contribution is 7.92. The predicted octanol–water partition coefficient (Wildman–Crippen LogP) is 8.95. The van der Waals surface area contributed by atoms with Crippen molar-refractivity contribution in [2.75, 3.05) is 82.3 Å². The molecule has 0 unspecified atom stereocenters. The third-order valence-corrected chi connectivity index (χ3v) is 15.8. The minimum Gasteiger partial charge on any atom is -0.456 e. The lowest BCUT2D eigenvalue weighted by Gasteiger charge is -2.39. The maximum atomic E-state index is 14.0. The summed E-state index contributed by atoms with van der Waals surface area (Å²) < 4.78 is 109. The van der Waals surface area contributed by atoms with Gasteiger partial charge in [-0.1, -0.05) is 43.2 Å². The number of anilines is 2. The zero-order valence-corrected chi connectivity index (χ0v) is 39.7. The zero-order valence-electron chi connectivity index (χ0n) is 37.3. The lowest BCUT2D eigenvalue weighted by atomic mass is 9.72. The Morgan fingerprint density at radius 3 is 2.36 bits per heavy atom. The number of nitrogens with zero attached hydrogens (tertiary/aromatic N) is 3. The number of fused-ring (bicyclic) bond motifs is 1. The summed E-state index contributed by atoms with van der Waals surface area (Å²) in [5.74, 6) is -0.747. The average Bonchev–Trinajstić information content (AvgIpc) is 3.77. The molecule has 2 fully saturated rings. The zero-order chi connectivity index (χ0) is 47.6. The molecule has 8 rings (SSSR count). The number of nitrogens with one attached hydrogen (secondary N) is 3. The third kappa shape index (κ3) is 11.4. The van der Waals surface area contributed by atoms with Crippen LogP contribution in [0.15, 0.2) is 106 Å². The molecule has 3 aliphatic rings. The molecule has 1 amide bonds. The van der Waals surface area contributed by atoms with E-state index >= 15 is 0 Å². The molecule has 67 heavy (non-hydrogen) atoms. The van der Waals surface area contributed by atoms with Gasteiger partial charge in [0.15, 0.2) is 0 Å². The van der Waals surface area contributed by atoms with E-state index in [9.17, 15) is 34.8 Å². The van der Waals surface area contributed by atoms with Crippen molar-refractivity contribution >= 4 is 65.2 Å². The van der Waals surface area contributed by atoms with Crippen LogP contribution in [-0.2, 0) is 24.6 Å². The lowest BCUT2D eigenvalue weighted by Crippen LogP contribution is -2.47. The van der Waals surface area contributed by atoms with Crippen LogP contribution in [0.25, 0.3) is 16.5 Å². The summed E-state index contributed by atoms with van der Waals surface area (Å²) in [7, 11) is -11.0. The van der Waals surface area contributed by atoms with Gasteiger partial charge in [-0.25, -0.2) is 21.6 Å². The SMILES string of the molecule is CC1(C)CCC(CN2CCN(c3ccc(C(=O)NS(=O)(=O)c4ccc(NCCCN5CCOCC5)c(S(=O)(=O)C(F)(F)F)c4)c(Oc4ccc5[nH]ccc5c4)c3)CC2)=C(c2ccc(Cl)cc2)C1. The lowest BCUT2D eigenvalue weighted by molar-refractivity contribution is -0.0435. The number of halogens is 4. The Labute approximate surface area is 394 Å². The summed E-state index contributed by atoms with van der Waals surface area (Å²) in [6.45, 7) is 11.5. The van der Waals surface area contributed by atoms with Gasteiger partial charge in [-0.05, 0) is 116 Å². The molecule has 0 saturated carbocycles. The van der Waals surface area contributed by atoms with E-state index in [2.05, 4.69) is 51.0 Å². The molecule has 2 aliphatic heterocycles. The number of ether oxygens (including phenoxy) is 2. The van der Waals surface area contributed by atoms with Crippen LogP contribution in [0.3, 0.4) is 0 Å². The Bertz CT molecular complexity index is 2860. The van der Waals surface area contributed by atoms with Gasteiger partial charge in [0.25, 0.3) is 25.8 Å². The number of aromatic amines is 1. The number of benzene rings is 4. The highest BCUT2D eigenvalue weighted by Gasteiger charge is 2.48. The first-order chi connectivity index (χ1) is 31.8. The van der Waals surface area contributed by atoms with Gasteiger partial charge < -0.3 is 24.7 Å². The van der Waals surface area contributed by atoms with E-state index in [0.717, 1.165) is 67.6 Å². The normalized spacial score (nSPS) is 17.7. The number of sulfone groups is 1. The van der Waals surface area contributed by atoms with Gasteiger partial charge in [-0.15, -0.1) is 0 Å². The van der Waals surface area contributed by atoms with E-state index in [1.807, 2.05) is 22.9 Å². The number of amides is 1. The maximum Gasteiger partial charge on any atom is 0.501 e. The molecule has 3 N–H and O–H groups in total. The molecule has 1 aliphatic carbocycles. The van der Waals surface area contributed by atoms with Gasteiger partial charge in [-0.2, -0.15) is 13.2 Å². The number of carbonyl (C=O) groups excluding carboxylic acids is 1. The molecule has 0 radical (unpaired) electrons. The number of alkyl halides is 3. The number of piperazine rings is 1. The molecule has 0 bridgehead atoms. The van der Waals surface area contributed by atoms with Crippen molar-refractivity contribution in [2.45, 2.75) is 54.8 Å². The van der Waals surface area contributed by atoms with Gasteiger partial charge in [0, 0.05) is 86.2 Å². The monoisotopic (exact) mass is 982 g/mol. The van der Waals surface area contributed by atoms with E-state index in [4.69, 9.17) is 21.1 Å². The minimum atomic E-state index is -6.03. The van der Waals surface area contributed by atoms with Crippen LogP contribution < -0.4 is 19.7 Å². The van der Waals surface area contributed by atoms with Crippen molar-refractivity contribution in [1.82, 2.24) is 19.5 Å². The molecule has 1 aromatic heterocycles. The van der Waals surface area contributed by atoms with Crippen LogP contribution in [0.1, 0.15) is 55.5 Å². The molecule has 0 spiro atoms. The molecule has 358 valence electrons. The van der Waals surface area contributed by atoms with E-state index in [1.54, 1.807) is 36.5 Å². The minimum absolute atomic E-state index is 0.0297. The quantitative estimate of drug-likeness (QED) is 0.0863. The Kier molecular flexibility index (Phi) is 14.3. The molecule has 3 heterocycles. The van der Waals surface area contributed by atoms with Crippen molar-refractivity contribution < 1.29 is 44.3 Å². The summed E-state index contributed by atoms with van der Waals surface area (Å²) in [6.07, 6.45) is 5.31. The summed E-state index contributed by atoms with van der Waals surface area (Å²) in [5.41, 5.74) is -0.580. The van der Waals surface area contributed by atoms with Crippen LogP contribution in [-0.4, -0.2) is 115 Å². The fourth-order valence-corrected chi connectivity index (χ4v) is 11.0.